The Bertz CT molecular complexity index is 666. The second-order valence-electron chi connectivity index (χ2n) is 6.97. The SMILES string of the molecule is CC1(C)C2CCC1(C)C(NS(=O)(=O)c1cc(Cl)c(Br)s1)C2. The average molecular weight is 413 g/mol. The molecule has 1 aromatic rings. The van der Waals surface area contributed by atoms with Crippen LogP contribution in [0.15, 0.2) is 14.1 Å². The van der Waals surface area contributed by atoms with Gasteiger partial charge in [-0.05, 0) is 58.0 Å². The fraction of sp³-hybridized carbons (Fsp3) is 0.714. The molecule has 118 valence electrons. The van der Waals surface area contributed by atoms with Gasteiger partial charge in [0.15, 0.2) is 0 Å². The highest BCUT2D eigenvalue weighted by Gasteiger charge is 2.61. The Labute approximate surface area is 143 Å². The molecule has 0 saturated heterocycles. The number of hydrogen-bond acceptors (Lipinski definition) is 3. The van der Waals surface area contributed by atoms with Gasteiger partial charge in [0.1, 0.15) is 4.21 Å². The maximum atomic E-state index is 12.6. The first-order chi connectivity index (χ1) is 9.58. The molecule has 0 radical (unpaired) electrons. The summed E-state index contributed by atoms with van der Waals surface area (Å²) in [6.45, 7) is 6.78. The van der Waals surface area contributed by atoms with Crippen molar-refractivity contribution in [3.63, 3.8) is 0 Å². The van der Waals surface area contributed by atoms with E-state index in [1.807, 2.05) is 0 Å². The van der Waals surface area contributed by atoms with E-state index in [0.717, 1.165) is 24.2 Å². The topological polar surface area (TPSA) is 46.2 Å². The quantitative estimate of drug-likeness (QED) is 0.785. The predicted octanol–water partition coefficient (Wildman–Crippen LogP) is 4.66. The highest BCUT2D eigenvalue weighted by Crippen LogP contribution is 2.65. The number of halogens is 2. The summed E-state index contributed by atoms with van der Waals surface area (Å²) in [5.74, 6) is 0.605. The van der Waals surface area contributed by atoms with E-state index in [4.69, 9.17) is 11.6 Å². The molecule has 2 saturated carbocycles. The van der Waals surface area contributed by atoms with Gasteiger partial charge in [0.25, 0.3) is 0 Å². The third-order valence-electron chi connectivity index (χ3n) is 5.98. The van der Waals surface area contributed by atoms with Crippen LogP contribution in [0.3, 0.4) is 0 Å². The molecule has 2 bridgehead atoms. The van der Waals surface area contributed by atoms with E-state index in [1.54, 1.807) is 0 Å². The van der Waals surface area contributed by atoms with Crippen LogP contribution in [-0.4, -0.2) is 14.5 Å². The Balaban J connectivity index is 1.88. The Morgan fingerprint density at radius 3 is 2.52 bits per heavy atom. The van der Waals surface area contributed by atoms with Crippen molar-refractivity contribution in [2.24, 2.45) is 16.7 Å². The van der Waals surface area contributed by atoms with E-state index < -0.39 is 10.0 Å². The van der Waals surface area contributed by atoms with Gasteiger partial charge in [-0.3, -0.25) is 0 Å². The smallest absolute Gasteiger partial charge is 0.207 e. The molecule has 3 rings (SSSR count). The number of hydrogen-bond donors (Lipinski definition) is 1. The second kappa shape index (κ2) is 4.94. The van der Waals surface area contributed by atoms with E-state index in [0.29, 0.717) is 14.7 Å². The number of nitrogens with one attached hydrogen (secondary N) is 1. The minimum absolute atomic E-state index is 0.0101. The summed E-state index contributed by atoms with van der Waals surface area (Å²) in [5.41, 5.74) is 0.219. The van der Waals surface area contributed by atoms with Crippen molar-refractivity contribution >= 4 is 48.9 Å². The molecule has 0 aliphatic heterocycles. The standard InChI is InChI=1S/C14H19BrClNO2S2/c1-13(2)8-4-5-14(13,3)10(6-8)17-21(18,19)11-7-9(16)12(15)20-11/h7-8,10,17H,4-6H2,1-3H3. The molecule has 1 aromatic heterocycles. The van der Waals surface area contributed by atoms with E-state index in [2.05, 4.69) is 41.4 Å². The first kappa shape index (κ1) is 16.2. The average Bonchev–Trinajstić information content (AvgIpc) is 2.88. The van der Waals surface area contributed by atoms with Gasteiger partial charge < -0.3 is 0 Å². The van der Waals surface area contributed by atoms with Crippen LogP contribution < -0.4 is 4.72 Å². The van der Waals surface area contributed by atoms with Crippen LogP contribution in [0.4, 0.5) is 0 Å². The lowest BCUT2D eigenvalue weighted by molar-refractivity contribution is 0.130. The molecule has 1 heterocycles. The van der Waals surface area contributed by atoms with Gasteiger partial charge in [-0.25, -0.2) is 13.1 Å². The molecule has 0 aromatic carbocycles. The summed E-state index contributed by atoms with van der Waals surface area (Å²) in [4.78, 5) is 0. The van der Waals surface area contributed by atoms with Crippen LogP contribution in [0.25, 0.3) is 0 Å². The van der Waals surface area contributed by atoms with Crippen molar-refractivity contribution in [1.82, 2.24) is 4.72 Å². The van der Waals surface area contributed by atoms with Crippen LogP contribution in [0.5, 0.6) is 0 Å². The van der Waals surface area contributed by atoms with Crippen LogP contribution >= 0.6 is 38.9 Å². The van der Waals surface area contributed by atoms with Gasteiger partial charge >= 0.3 is 0 Å². The van der Waals surface area contributed by atoms with Crippen molar-refractivity contribution in [3.8, 4) is 0 Å². The number of thiophene rings is 1. The summed E-state index contributed by atoms with van der Waals surface area (Å²) in [7, 11) is -3.50. The number of rotatable bonds is 3. The molecule has 0 spiro atoms. The molecule has 3 atom stereocenters. The van der Waals surface area contributed by atoms with E-state index in [1.165, 1.54) is 12.5 Å². The van der Waals surface area contributed by atoms with E-state index >= 15 is 0 Å². The Hall–Kier alpha value is 0.380. The summed E-state index contributed by atoms with van der Waals surface area (Å²) in [5, 5.41) is 0.444. The van der Waals surface area contributed by atoms with Crippen LogP contribution in [0, 0.1) is 16.7 Å². The van der Waals surface area contributed by atoms with Crippen molar-refractivity contribution in [3.05, 3.63) is 14.9 Å². The summed E-state index contributed by atoms with van der Waals surface area (Å²) in [6.07, 6.45) is 3.23. The van der Waals surface area contributed by atoms with Crippen LogP contribution in [0.1, 0.15) is 40.0 Å². The minimum Gasteiger partial charge on any atom is -0.207 e. The summed E-state index contributed by atoms with van der Waals surface area (Å²) in [6, 6.07) is 1.52. The molecular weight excluding hydrogens is 394 g/mol. The molecule has 21 heavy (non-hydrogen) atoms. The fourth-order valence-electron chi connectivity index (χ4n) is 4.09. The van der Waals surface area contributed by atoms with Gasteiger partial charge in [0.05, 0.1) is 8.81 Å². The lowest BCUT2D eigenvalue weighted by atomic mass is 9.69. The molecule has 0 amide bonds. The molecular formula is C14H19BrClNO2S2. The molecule has 3 unspecified atom stereocenters. The largest absolute Gasteiger partial charge is 0.250 e. The maximum absolute atomic E-state index is 12.6. The summed E-state index contributed by atoms with van der Waals surface area (Å²) >= 11 is 10.4. The minimum atomic E-state index is -3.50. The Kier molecular flexibility index (Phi) is 3.82. The molecule has 2 aliphatic rings. The van der Waals surface area contributed by atoms with Crippen molar-refractivity contribution in [2.45, 2.75) is 50.3 Å². The maximum Gasteiger partial charge on any atom is 0.250 e. The van der Waals surface area contributed by atoms with Crippen LogP contribution in [-0.2, 0) is 10.0 Å². The Morgan fingerprint density at radius 1 is 1.43 bits per heavy atom. The molecule has 1 N–H and O–H groups in total. The first-order valence-electron chi connectivity index (χ1n) is 7.05. The predicted molar refractivity (Wildman–Crippen MR) is 90.4 cm³/mol. The van der Waals surface area contributed by atoms with E-state index in [-0.39, 0.29) is 21.1 Å². The summed E-state index contributed by atoms with van der Waals surface area (Å²) < 4.78 is 29.1. The van der Waals surface area contributed by atoms with Crippen LogP contribution in [0.2, 0.25) is 5.02 Å². The highest BCUT2D eigenvalue weighted by molar-refractivity contribution is 9.11. The fourth-order valence-corrected chi connectivity index (χ4v) is 7.86. The molecule has 2 fully saturated rings. The number of sulfonamides is 1. The van der Waals surface area contributed by atoms with E-state index in [9.17, 15) is 8.42 Å². The molecule has 2 aliphatic carbocycles. The van der Waals surface area contributed by atoms with Gasteiger partial charge in [0.2, 0.25) is 10.0 Å². The van der Waals surface area contributed by atoms with Crippen molar-refractivity contribution in [1.29, 1.82) is 0 Å². The lowest BCUT2D eigenvalue weighted by Crippen LogP contribution is -2.46. The zero-order chi connectivity index (χ0) is 15.6. The molecule has 7 heteroatoms. The van der Waals surface area contributed by atoms with Gasteiger partial charge in [-0.1, -0.05) is 32.4 Å². The van der Waals surface area contributed by atoms with Gasteiger partial charge in [0, 0.05) is 6.04 Å². The second-order valence-corrected chi connectivity index (χ2v) is 11.7. The first-order valence-corrected chi connectivity index (χ1v) is 10.5. The normalized spacial score (nSPS) is 34.5. The third-order valence-corrected chi connectivity index (χ3v) is 10.4. The van der Waals surface area contributed by atoms with Gasteiger partial charge in [-0.2, -0.15) is 0 Å². The van der Waals surface area contributed by atoms with Gasteiger partial charge in [-0.15, -0.1) is 11.3 Å². The third kappa shape index (κ3) is 2.33. The molecule has 3 nitrogen and oxygen atoms in total. The van der Waals surface area contributed by atoms with Crippen molar-refractivity contribution < 1.29 is 8.42 Å². The highest BCUT2D eigenvalue weighted by atomic mass is 79.9. The zero-order valence-electron chi connectivity index (χ0n) is 12.2. The van der Waals surface area contributed by atoms with Crippen molar-refractivity contribution in [2.75, 3.05) is 0 Å². The Morgan fingerprint density at radius 2 is 2.10 bits per heavy atom. The lowest BCUT2D eigenvalue weighted by Gasteiger charge is -2.39. The monoisotopic (exact) mass is 411 g/mol. The number of fused-ring (bicyclic) bond motifs is 2. The zero-order valence-corrected chi connectivity index (χ0v) is 16.2.